The number of aliphatic carboxylic acids is 1. The first kappa shape index (κ1) is 15.1. The van der Waals surface area contributed by atoms with Gasteiger partial charge in [0.15, 0.2) is 0 Å². The van der Waals surface area contributed by atoms with Crippen LogP contribution in [0.5, 0.6) is 0 Å². The molecule has 2 unspecified atom stereocenters. The van der Waals surface area contributed by atoms with Crippen LogP contribution in [-0.2, 0) is 9.53 Å². The third-order valence-electron chi connectivity index (χ3n) is 4.00. The number of carboxylic acids is 1. The molecule has 2 amide bonds. The molecule has 3 atom stereocenters. The highest BCUT2D eigenvalue weighted by Gasteiger charge is 2.35. The van der Waals surface area contributed by atoms with Gasteiger partial charge in [-0.1, -0.05) is 0 Å². The number of nitrogens with zero attached hydrogens (tertiary/aromatic N) is 2. The van der Waals surface area contributed by atoms with Crippen molar-refractivity contribution in [2.45, 2.75) is 31.9 Å². The van der Waals surface area contributed by atoms with E-state index in [1.54, 1.807) is 9.80 Å². The van der Waals surface area contributed by atoms with Crippen LogP contribution in [0.15, 0.2) is 0 Å². The van der Waals surface area contributed by atoms with Gasteiger partial charge in [-0.3, -0.25) is 4.79 Å². The van der Waals surface area contributed by atoms with E-state index in [1.165, 1.54) is 0 Å². The molecule has 20 heavy (non-hydrogen) atoms. The summed E-state index contributed by atoms with van der Waals surface area (Å²) in [5.41, 5.74) is 0. The van der Waals surface area contributed by atoms with Crippen molar-refractivity contribution in [3.63, 3.8) is 0 Å². The van der Waals surface area contributed by atoms with Crippen molar-refractivity contribution in [2.24, 2.45) is 5.92 Å². The number of amides is 2. The van der Waals surface area contributed by atoms with Crippen LogP contribution in [0.25, 0.3) is 0 Å². The molecule has 0 aromatic carbocycles. The molecule has 2 aliphatic rings. The van der Waals surface area contributed by atoms with Gasteiger partial charge in [-0.2, -0.15) is 0 Å². The highest BCUT2D eigenvalue weighted by molar-refractivity contribution is 5.77. The van der Waals surface area contributed by atoms with Gasteiger partial charge in [-0.15, -0.1) is 0 Å². The van der Waals surface area contributed by atoms with Gasteiger partial charge in [0.1, 0.15) is 0 Å². The van der Waals surface area contributed by atoms with Gasteiger partial charge in [-0.05, 0) is 19.8 Å². The van der Waals surface area contributed by atoms with E-state index in [-0.39, 0.29) is 31.3 Å². The summed E-state index contributed by atoms with van der Waals surface area (Å²) in [6.07, 6.45) is 0.984. The fourth-order valence-electron chi connectivity index (χ4n) is 2.73. The molecule has 2 saturated heterocycles. The maximum absolute atomic E-state index is 12.5. The molecule has 2 heterocycles. The molecular weight excluding hydrogens is 264 g/mol. The Balaban J connectivity index is 2.00. The number of rotatable bonds is 2. The quantitative estimate of drug-likeness (QED) is 0.745. The number of ether oxygens (including phenoxy) is 1. The van der Waals surface area contributed by atoms with Gasteiger partial charge in [0.25, 0.3) is 0 Å². The molecule has 0 spiro atoms. The molecule has 7 heteroatoms. The SMILES string of the molecule is CC1COC(CO)CN1C(=O)N1CCC[C@@H](C(=O)O)C1. The Labute approximate surface area is 118 Å². The highest BCUT2D eigenvalue weighted by atomic mass is 16.5. The summed E-state index contributed by atoms with van der Waals surface area (Å²) < 4.78 is 5.41. The third-order valence-corrected chi connectivity index (χ3v) is 4.00. The van der Waals surface area contributed by atoms with Crippen molar-refractivity contribution >= 4 is 12.0 Å². The number of piperidine rings is 1. The summed E-state index contributed by atoms with van der Waals surface area (Å²) in [6.45, 7) is 3.38. The van der Waals surface area contributed by atoms with Crippen molar-refractivity contribution in [1.29, 1.82) is 0 Å². The number of hydrogen-bond donors (Lipinski definition) is 2. The van der Waals surface area contributed by atoms with Gasteiger partial charge in [0.2, 0.25) is 0 Å². The van der Waals surface area contributed by atoms with Crippen LogP contribution < -0.4 is 0 Å². The topological polar surface area (TPSA) is 90.3 Å². The highest BCUT2D eigenvalue weighted by Crippen LogP contribution is 2.20. The lowest BCUT2D eigenvalue weighted by Crippen LogP contribution is -2.57. The van der Waals surface area contributed by atoms with Crippen molar-refractivity contribution in [2.75, 3.05) is 32.8 Å². The van der Waals surface area contributed by atoms with Crippen molar-refractivity contribution in [3.8, 4) is 0 Å². The molecule has 0 radical (unpaired) electrons. The molecule has 7 nitrogen and oxygen atoms in total. The molecule has 2 fully saturated rings. The second kappa shape index (κ2) is 6.41. The van der Waals surface area contributed by atoms with Gasteiger partial charge in [0, 0.05) is 13.1 Å². The number of morpholine rings is 1. The monoisotopic (exact) mass is 286 g/mol. The average molecular weight is 286 g/mol. The molecule has 2 aliphatic heterocycles. The van der Waals surface area contributed by atoms with E-state index in [0.717, 1.165) is 0 Å². The first-order valence-corrected chi connectivity index (χ1v) is 7.03. The van der Waals surface area contributed by atoms with Crippen molar-refractivity contribution in [1.82, 2.24) is 9.80 Å². The Kier molecular flexibility index (Phi) is 4.82. The summed E-state index contributed by atoms with van der Waals surface area (Å²) in [7, 11) is 0. The molecule has 0 bridgehead atoms. The molecule has 2 rings (SSSR count). The van der Waals surface area contributed by atoms with Crippen LogP contribution in [0, 0.1) is 5.92 Å². The van der Waals surface area contributed by atoms with E-state index >= 15 is 0 Å². The van der Waals surface area contributed by atoms with Crippen molar-refractivity contribution in [3.05, 3.63) is 0 Å². The fourth-order valence-corrected chi connectivity index (χ4v) is 2.73. The maximum Gasteiger partial charge on any atom is 0.320 e. The fraction of sp³-hybridized carbons (Fsp3) is 0.846. The van der Waals surface area contributed by atoms with Crippen LogP contribution >= 0.6 is 0 Å². The number of likely N-dealkylation sites (tertiary alicyclic amines) is 1. The number of carbonyl (C=O) groups is 2. The van der Waals surface area contributed by atoms with Gasteiger partial charge < -0.3 is 24.7 Å². The Morgan fingerprint density at radius 1 is 1.35 bits per heavy atom. The minimum absolute atomic E-state index is 0.0597. The number of aliphatic hydroxyl groups excluding tert-OH is 1. The molecule has 0 aliphatic carbocycles. The molecule has 114 valence electrons. The summed E-state index contributed by atoms with van der Waals surface area (Å²) in [5, 5.41) is 18.2. The molecule has 2 N–H and O–H groups in total. The molecule has 0 saturated carbocycles. The average Bonchev–Trinajstić information content (AvgIpc) is 2.47. The van der Waals surface area contributed by atoms with Crippen LogP contribution in [0.1, 0.15) is 19.8 Å². The Morgan fingerprint density at radius 2 is 2.10 bits per heavy atom. The second-order valence-electron chi connectivity index (χ2n) is 5.55. The largest absolute Gasteiger partial charge is 0.481 e. The summed E-state index contributed by atoms with van der Waals surface area (Å²) in [4.78, 5) is 26.9. The lowest BCUT2D eigenvalue weighted by atomic mass is 9.98. The van der Waals surface area contributed by atoms with Crippen LogP contribution in [-0.4, -0.2) is 77.0 Å². The Hall–Kier alpha value is -1.34. The number of hydrogen-bond acceptors (Lipinski definition) is 4. The van der Waals surface area contributed by atoms with E-state index in [0.29, 0.717) is 32.5 Å². The first-order valence-electron chi connectivity index (χ1n) is 7.03. The lowest BCUT2D eigenvalue weighted by Gasteiger charge is -2.41. The van der Waals surface area contributed by atoms with Crippen molar-refractivity contribution < 1.29 is 24.5 Å². The molecule has 0 aromatic rings. The zero-order valence-electron chi connectivity index (χ0n) is 11.7. The second-order valence-corrected chi connectivity index (χ2v) is 5.55. The van der Waals surface area contributed by atoms with E-state index < -0.39 is 11.9 Å². The van der Waals surface area contributed by atoms with E-state index in [9.17, 15) is 9.59 Å². The number of urea groups is 1. The molecule has 0 aromatic heterocycles. The zero-order valence-corrected chi connectivity index (χ0v) is 11.7. The summed E-state index contributed by atoms with van der Waals surface area (Å²) in [6, 6.07) is -0.208. The number of aliphatic hydroxyl groups is 1. The minimum atomic E-state index is -0.842. The van der Waals surface area contributed by atoms with Crippen LogP contribution in [0.4, 0.5) is 4.79 Å². The standard InChI is InChI=1S/C13H22N2O5/c1-9-8-20-11(7-16)6-15(9)13(19)14-4-2-3-10(5-14)12(17)18/h9-11,16H,2-8H2,1H3,(H,17,18)/t9?,10-,11?/m1/s1. The lowest BCUT2D eigenvalue weighted by molar-refractivity contribution is -0.143. The first-order chi connectivity index (χ1) is 9.52. The van der Waals surface area contributed by atoms with E-state index in [1.807, 2.05) is 6.92 Å². The van der Waals surface area contributed by atoms with E-state index in [2.05, 4.69) is 0 Å². The molecular formula is C13H22N2O5. The summed E-state index contributed by atoms with van der Waals surface area (Å²) in [5.74, 6) is -1.32. The predicted octanol–water partition coefficient (Wildman–Crippen LogP) is -0.0154. The third kappa shape index (κ3) is 3.21. The van der Waals surface area contributed by atoms with Crippen LogP contribution in [0.3, 0.4) is 0 Å². The predicted molar refractivity (Wildman–Crippen MR) is 70.3 cm³/mol. The van der Waals surface area contributed by atoms with Gasteiger partial charge >= 0.3 is 12.0 Å². The number of carboxylic acid groups (broad SMARTS) is 1. The normalized spacial score (nSPS) is 31.2. The van der Waals surface area contributed by atoms with E-state index in [4.69, 9.17) is 14.9 Å². The smallest absolute Gasteiger partial charge is 0.320 e. The van der Waals surface area contributed by atoms with Gasteiger partial charge in [0.05, 0.1) is 37.8 Å². The Morgan fingerprint density at radius 3 is 2.75 bits per heavy atom. The van der Waals surface area contributed by atoms with Gasteiger partial charge in [-0.25, -0.2) is 4.79 Å². The Bertz CT molecular complexity index is 376. The summed E-state index contributed by atoms with van der Waals surface area (Å²) >= 11 is 0. The maximum atomic E-state index is 12.5. The van der Waals surface area contributed by atoms with Crippen LogP contribution in [0.2, 0.25) is 0 Å². The number of carbonyl (C=O) groups excluding carboxylic acids is 1. The minimum Gasteiger partial charge on any atom is -0.481 e. The zero-order chi connectivity index (χ0) is 14.7.